The second-order valence-corrected chi connectivity index (χ2v) is 8.22. The highest BCUT2D eigenvalue weighted by molar-refractivity contribution is 6.35. The monoisotopic (exact) mass is 472 g/mol. The van der Waals surface area contributed by atoms with E-state index >= 15 is 0 Å². The maximum atomic E-state index is 13.4. The first-order valence-electron chi connectivity index (χ1n) is 10.1. The first-order chi connectivity index (χ1) is 15.4. The van der Waals surface area contributed by atoms with Crippen LogP contribution in [0.5, 0.6) is 0 Å². The van der Waals surface area contributed by atoms with Crippen molar-refractivity contribution in [2.75, 3.05) is 7.05 Å². The molecule has 4 nitrogen and oxygen atoms in total. The Bertz CT molecular complexity index is 1080. The van der Waals surface area contributed by atoms with Gasteiger partial charge in [-0.3, -0.25) is 9.59 Å². The molecule has 0 aliphatic rings. The van der Waals surface area contributed by atoms with Gasteiger partial charge in [-0.2, -0.15) is 0 Å². The van der Waals surface area contributed by atoms with Crippen LogP contribution >= 0.6 is 23.2 Å². The SMILES string of the molecule is CNC(=O)[C@@H](Cc1ccccc1)N(Cc1ccc(Cl)cc1Cl)C(=O)Cc1ccc(F)cc1. The zero-order valence-corrected chi connectivity index (χ0v) is 19.0. The van der Waals surface area contributed by atoms with Crippen molar-refractivity contribution < 1.29 is 14.0 Å². The van der Waals surface area contributed by atoms with Crippen LogP contribution in [0.3, 0.4) is 0 Å². The van der Waals surface area contributed by atoms with E-state index in [0.29, 0.717) is 27.6 Å². The molecule has 3 aromatic rings. The average molecular weight is 473 g/mol. The number of hydrogen-bond donors (Lipinski definition) is 1. The highest BCUT2D eigenvalue weighted by Gasteiger charge is 2.30. The lowest BCUT2D eigenvalue weighted by Crippen LogP contribution is -2.50. The number of amides is 2. The summed E-state index contributed by atoms with van der Waals surface area (Å²) >= 11 is 12.4. The number of nitrogens with one attached hydrogen (secondary N) is 1. The minimum absolute atomic E-state index is 0.0216. The van der Waals surface area contributed by atoms with E-state index in [4.69, 9.17) is 23.2 Å². The van der Waals surface area contributed by atoms with Crippen LogP contribution in [0.1, 0.15) is 16.7 Å². The number of carbonyl (C=O) groups excluding carboxylic acids is 2. The molecule has 0 aliphatic heterocycles. The second-order valence-electron chi connectivity index (χ2n) is 7.38. The van der Waals surface area contributed by atoms with Gasteiger partial charge in [0.2, 0.25) is 11.8 Å². The van der Waals surface area contributed by atoms with Gasteiger partial charge in [0.15, 0.2) is 0 Å². The van der Waals surface area contributed by atoms with Gasteiger partial charge in [-0.25, -0.2) is 4.39 Å². The minimum atomic E-state index is -0.762. The van der Waals surface area contributed by atoms with Crippen molar-refractivity contribution in [3.8, 4) is 0 Å². The first kappa shape index (κ1) is 23.8. The summed E-state index contributed by atoms with van der Waals surface area (Å²) in [4.78, 5) is 27.8. The van der Waals surface area contributed by atoms with Gasteiger partial charge in [0.1, 0.15) is 11.9 Å². The molecule has 0 saturated carbocycles. The Hall–Kier alpha value is -2.89. The predicted molar refractivity (Wildman–Crippen MR) is 125 cm³/mol. The van der Waals surface area contributed by atoms with Crippen LogP contribution < -0.4 is 5.32 Å². The van der Waals surface area contributed by atoms with Gasteiger partial charge in [0.25, 0.3) is 0 Å². The van der Waals surface area contributed by atoms with Crippen LogP contribution in [0.2, 0.25) is 10.0 Å². The molecule has 0 radical (unpaired) electrons. The molecule has 0 saturated heterocycles. The summed E-state index contributed by atoms with van der Waals surface area (Å²) in [5.41, 5.74) is 2.24. The van der Waals surface area contributed by atoms with E-state index in [1.807, 2.05) is 30.3 Å². The minimum Gasteiger partial charge on any atom is -0.357 e. The fourth-order valence-electron chi connectivity index (χ4n) is 3.43. The maximum Gasteiger partial charge on any atom is 0.242 e. The number of nitrogens with zero attached hydrogens (tertiary/aromatic N) is 1. The van der Waals surface area contributed by atoms with E-state index in [1.54, 1.807) is 30.3 Å². The fraction of sp³-hybridized carbons (Fsp3) is 0.200. The smallest absolute Gasteiger partial charge is 0.242 e. The van der Waals surface area contributed by atoms with Gasteiger partial charge in [-0.1, -0.05) is 71.7 Å². The zero-order chi connectivity index (χ0) is 23.1. The quantitative estimate of drug-likeness (QED) is 0.497. The molecule has 0 heterocycles. The highest BCUT2D eigenvalue weighted by atomic mass is 35.5. The average Bonchev–Trinajstić information content (AvgIpc) is 2.79. The Kier molecular flexibility index (Phi) is 8.26. The Labute approximate surface area is 197 Å². The molecule has 166 valence electrons. The van der Waals surface area contributed by atoms with Gasteiger partial charge >= 0.3 is 0 Å². The third-order valence-corrected chi connectivity index (χ3v) is 5.73. The molecule has 7 heteroatoms. The largest absolute Gasteiger partial charge is 0.357 e. The fourth-order valence-corrected chi connectivity index (χ4v) is 3.90. The van der Waals surface area contributed by atoms with Crippen LogP contribution in [0.15, 0.2) is 72.8 Å². The lowest BCUT2D eigenvalue weighted by atomic mass is 10.0. The van der Waals surface area contributed by atoms with Crippen molar-refractivity contribution in [2.45, 2.75) is 25.4 Å². The van der Waals surface area contributed by atoms with Gasteiger partial charge in [0.05, 0.1) is 6.42 Å². The van der Waals surface area contributed by atoms with E-state index < -0.39 is 6.04 Å². The van der Waals surface area contributed by atoms with E-state index in [9.17, 15) is 14.0 Å². The number of likely N-dealkylation sites (N-methyl/N-ethyl adjacent to an activating group) is 1. The van der Waals surface area contributed by atoms with Gasteiger partial charge in [-0.05, 0) is 41.0 Å². The number of benzene rings is 3. The lowest BCUT2D eigenvalue weighted by molar-refractivity contribution is -0.140. The number of halogens is 3. The summed E-state index contributed by atoms with van der Waals surface area (Å²) < 4.78 is 13.3. The normalized spacial score (nSPS) is 11.6. The van der Waals surface area contributed by atoms with E-state index in [-0.39, 0.29) is 30.6 Å². The van der Waals surface area contributed by atoms with Crippen LogP contribution in [-0.4, -0.2) is 29.8 Å². The summed E-state index contributed by atoms with van der Waals surface area (Å²) in [5.74, 6) is -0.933. The van der Waals surface area contributed by atoms with Crippen LogP contribution in [0.4, 0.5) is 4.39 Å². The molecule has 3 rings (SSSR count). The second kappa shape index (κ2) is 11.1. The molecule has 1 N–H and O–H groups in total. The molecule has 0 bridgehead atoms. The number of rotatable bonds is 8. The van der Waals surface area contributed by atoms with Gasteiger partial charge in [0, 0.05) is 30.1 Å². The molecule has 0 aliphatic carbocycles. The van der Waals surface area contributed by atoms with E-state index in [2.05, 4.69) is 5.32 Å². The van der Waals surface area contributed by atoms with Crippen molar-refractivity contribution in [3.05, 3.63) is 105 Å². The lowest BCUT2D eigenvalue weighted by Gasteiger charge is -2.31. The molecule has 0 fully saturated rings. The highest BCUT2D eigenvalue weighted by Crippen LogP contribution is 2.24. The summed E-state index contributed by atoms with van der Waals surface area (Å²) in [5, 5.41) is 3.56. The Morgan fingerprint density at radius 1 is 0.969 bits per heavy atom. The van der Waals surface area contributed by atoms with Gasteiger partial charge < -0.3 is 10.2 Å². The molecule has 0 spiro atoms. The molecule has 1 atom stereocenters. The third-order valence-electron chi connectivity index (χ3n) is 5.14. The molecule has 0 unspecified atom stereocenters. The Morgan fingerprint density at radius 2 is 1.66 bits per heavy atom. The molecular weight excluding hydrogens is 450 g/mol. The first-order valence-corrected chi connectivity index (χ1v) is 10.9. The predicted octanol–water partition coefficient (Wildman–Crippen LogP) is 5.06. The van der Waals surface area contributed by atoms with Crippen molar-refractivity contribution in [3.63, 3.8) is 0 Å². The maximum absolute atomic E-state index is 13.4. The molecule has 2 amide bonds. The molecule has 0 aromatic heterocycles. The molecular formula is C25H23Cl2FN2O2. The van der Waals surface area contributed by atoms with Crippen LogP contribution in [0.25, 0.3) is 0 Å². The Morgan fingerprint density at radius 3 is 2.28 bits per heavy atom. The standard InChI is InChI=1S/C25H23Cl2FN2O2/c1-29-25(32)23(13-17-5-3-2-4-6-17)30(16-19-9-10-20(26)15-22(19)27)24(31)14-18-7-11-21(28)12-8-18/h2-12,15,23H,13-14,16H2,1H3,(H,29,32)/t23-/m1/s1. The third kappa shape index (κ3) is 6.31. The summed E-state index contributed by atoms with van der Waals surface area (Å²) in [6.45, 7) is 0.126. The topological polar surface area (TPSA) is 49.4 Å². The van der Waals surface area contributed by atoms with E-state index in [1.165, 1.54) is 24.1 Å². The molecule has 3 aromatic carbocycles. The zero-order valence-electron chi connectivity index (χ0n) is 17.5. The van der Waals surface area contributed by atoms with Gasteiger partial charge in [-0.15, -0.1) is 0 Å². The molecule has 32 heavy (non-hydrogen) atoms. The summed E-state index contributed by atoms with van der Waals surface area (Å²) in [6, 6.07) is 19.5. The summed E-state index contributed by atoms with van der Waals surface area (Å²) in [7, 11) is 1.54. The van der Waals surface area contributed by atoms with Crippen molar-refractivity contribution in [1.29, 1.82) is 0 Å². The van der Waals surface area contributed by atoms with Crippen molar-refractivity contribution in [1.82, 2.24) is 10.2 Å². The summed E-state index contributed by atoms with van der Waals surface area (Å²) in [6.07, 6.45) is 0.356. The van der Waals surface area contributed by atoms with E-state index in [0.717, 1.165) is 5.56 Å². The number of hydrogen-bond acceptors (Lipinski definition) is 2. The van der Waals surface area contributed by atoms with Crippen molar-refractivity contribution in [2.24, 2.45) is 0 Å². The van der Waals surface area contributed by atoms with Crippen LogP contribution in [-0.2, 0) is 29.0 Å². The Balaban J connectivity index is 1.96. The van der Waals surface area contributed by atoms with Crippen LogP contribution in [0, 0.1) is 5.82 Å². The number of carbonyl (C=O) groups is 2. The van der Waals surface area contributed by atoms with Crippen molar-refractivity contribution >= 4 is 35.0 Å².